The van der Waals surface area contributed by atoms with Crippen molar-refractivity contribution in [2.45, 2.75) is 41.9 Å². The maximum absolute atomic E-state index is 12.5. The van der Waals surface area contributed by atoms with Crippen molar-refractivity contribution in [3.8, 4) is 0 Å². The van der Waals surface area contributed by atoms with Crippen LogP contribution in [0.2, 0.25) is 0 Å². The number of hydrogen-bond donors (Lipinski definition) is 1. The fourth-order valence-electron chi connectivity index (χ4n) is 3.07. The van der Waals surface area contributed by atoms with Gasteiger partial charge in [-0.3, -0.25) is 0 Å². The van der Waals surface area contributed by atoms with Gasteiger partial charge in [0.1, 0.15) is 0 Å². The molecule has 1 aliphatic rings. The standard InChI is InChI=1S/C19H21NO2Se/c1-2-3-11-18-14-8-4-5-9-15(14)19(22,23-18)13-17(21)16-10-6-7-12-20-16/h4-10,12,18,22H,2-3,11,13H2,1H3. The molecule has 0 radical (unpaired) electrons. The van der Waals surface area contributed by atoms with E-state index in [-0.39, 0.29) is 27.2 Å². The molecule has 1 aliphatic heterocycles. The molecular weight excluding hydrogens is 353 g/mol. The normalized spacial score (nSPS) is 22.8. The van der Waals surface area contributed by atoms with Crippen LogP contribution in [-0.4, -0.2) is 30.8 Å². The van der Waals surface area contributed by atoms with Gasteiger partial charge in [0, 0.05) is 0 Å². The van der Waals surface area contributed by atoms with Crippen molar-refractivity contribution in [2.75, 3.05) is 0 Å². The van der Waals surface area contributed by atoms with E-state index in [1.807, 2.05) is 24.3 Å². The summed E-state index contributed by atoms with van der Waals surface area (Å²) in [5.74, 6) is -0.0825. The fraction of sp³-hybridized carbons (Fsp3) is 0.368. The van der Waals surface area contributed by atoms with Gasteiger partial charge in [0.25, 0.3) is 0 Å². The molecule has 23 heavy (non-hydrogen) atoms. The first-order valence-corrected chi connectivity index (χ1v) is 9.92. The second-order valence-electron chi connectivity index (χ2n) is 5.94. The molecule has 0 fully saturated rings. The zero-order chi connectivity index (χ0) is 16.3. The molecule has 0 aliphatic carbocycles. The summed E-state index contributed by atoms with van der Waals surface area (Å²) >= 11 is -0.0315. The van der Waals surface area contributed by atoms with Gasteiger partial charge in [0.05, 0.1) is 0 Å². The van der Waals surface area contributed by atoms with Crippen LogP contribution in [0.1, 0.15) is 59.0 Å². The zero-order valence-electron chi connectivity index (χ0n) is 13.2. The molecule has 2 atom stereocenters. The molecule has 0 bridgehead atoms. The Morgan fingerprint density at radius 2 is 2.04 bits per heavy atom. The molecule has 1 aromatic carbocycles. The zero-order valence-corrected chi connectivity index (χ0v) is 14.9. The number of unbranched alkanes of at least 4 members (excludes halogenated alkanes) is 1. The predicted octanol–water partition coefficient (Wildman–Crippen LogP) is 3.45. The first-order chi connectivity index (χ1) is 11.1. The van der Waals surface area contributed by atoms with E-state index in [1.54, 1.807) is 18.3 Å². The number of hydrogen-bond acceptors (Lipinski definition) is 3. The number of carbonyl (C=O) groups is 1. The van der Waals surface area contributed by atoms with E-state index < -0.39 is 4.50 Å². The van der Waals surface area contributed by atoms with Crippen LogP contribution in [0.15, 0.2) is 48.7 Å². The Labute approximate surface area is 143 Å². The summed E-state index contributed by atoms with van der Waals surface area (Å²) < 4.78 is -1.00. The van der Waals surface area contributed by atoms with E-state index >= 15 is 0 Å². The molecule has 0 saturated carbocycles. The van der Waals surface area contributed by atoms with E-state index in [0.29, 0.717) is 10.5 Å². The molecule has 2 unspecified atom stereocenters. The third-order valence-electron chi connectivity index (χ3n) is 4.24. The first kappa shape index (κ1) is 16.4. The third-order valence-corrected chi connectivity index (χ3v) is 7.44. The molecule has 1 N–H and O–H groups in total. The molecule has 4 heteroatoms. The Bertz CT molecular complexity index is 689. The van der Waals surface area contributed by atoms with Gasteiger partial charge in [-0.2, -0.15) is 0 Å². The molecule has 1 aromatic heterocycles. The average Bonchev–Trinajstić information content (AvgIpc) is 2.86. The molecule has 0 amide bonds. The quantitative estimate of drug-likeness (QED) is 0.622. The monoisotopic (exact) mass is 375 g/mol. The first-order valence-electron chi connectivity index (χ1n) is 8.08. The van der Waals surface area contributed by atoms with Crippen molar-refractivity contribution in [2.24, 2.45) is 0 Å². The number of benzene rings is 1. The SMILES string of the molecule is CCCCC1[Se]C(O)(CC(=O)c2ccccn2)c2ccccc21. The second kappa shape index (κ2) is 6.96. The summed E-state index contributed by atoms with van der Waals surface area (Å²) in [5, 5.41) is 11.2. The Morgan fingerprint density at radius 1 is 1.26 bits per heavy atom. The molecule has 3 nitrogen and oxygen atoms in total. The third kappa shape index (κ3) is 3.40. The number of pyridine rings is 1. The molecule has 0 saturated heterocycles. The van der Waals surface area contributed by atoms with Gasteiger partial charge in [0.15, 0.2) is 0 Å². The van der Waals surface area contributed by atoms with Crippen LogP contribution in [0, 0.1) is 0 Å². The predicted molar refractivity (Wildman–Crippen MR) is 91.5 cm³/mol. The molecular formula is C19H21NO2Se. The van der Waals surface area contributed by atoms with Gasteiger partial charge in [0.2, 0.25) is 0 Å². The number of ketones is 1. The Kier molecular flexibility index (Phi) is 4.96. The minimum atomic E-state index is -1.00. The van der Waals surface area contributed by atoms with E-state index in [1.165, 1.54) is 5.56 Å². The summed E-state index contributed by atoms with van der Waals surface area (Å²) in [6.45, 7) is 2.19. The van der Waals surface area contributed by atoms with Crippen LogP contribution in [-0.2, 0) is 4.50 Å². The Morgan fingerprint density at radius 3 is 2.78 bits per heavy atom. The van der Waals surface area contributed by atoms with Crippen molar-refractivity contribution in [3.05, 3.63) is 65.5 Å². The van der Waals surface area contributed by atoms with Crippen LogP contribution >= 0.6 is 0 Å². The van der Waals surface area contributed by atoms with Crippen molar-refractivity contribution in [3.63, 3.8) is 0 Å². The van der Waals surface area contributed by atoms with Gasteiger partial charge in [-0.25, -0.2) is 0 Å². The van der Waals surface area contributed by atoms with Crippen molar-refractivity contribution in [1.29, 1.82) is 0 Å². The van der Waals surface area contributed by atoms with Gasteiger partial charge < -0.3 is 0 Å². The van der Waals surface area contributed by atoms with Gasteiger partial charge in [-0.1, -0.05) is 0 Å². The van der Waals surface area contributed by atoms with Gasteiger partial charge >= 0.3 is 143 Å². The summed E-state index contributed by atoms with van der Waals surface area (Å²) in [6.07, 6.45) is 5.15. The van der Waals surface area contributed by atoms with Gasteiger partial charge in [-0.15, -0.1) is 0 Å². The number of carbonyl (C=O) groups excluding carboxylic acids is 1. The molecule has 120 valence electrons. The molecule has 2 heterocycles. The van der Waals surface area contributed by atoms with Crippen LogP contribution in [0.3, 0.4) is 0 Å². The van der Waals surface area contributed by atoms with Gasteiger partial charge in [-0.05, 0) is 0 Å². The number of nitrogens with zero attached hydrogens (tertiary/aromatic N) is 1. The van der Waals surface area contributed by atoms with Crippen molar-refractivity contribution in [1.82, 2.24) is 4.98 Å². The second-order valence-corrected chi connectivity index (χ2v) is 9.04. The molecule has 0 spiro atoms. The van der Waals surface area contributed by atoms with Crippen LogP contribution in [0.4, 0.5) is 0 Å². The number of fused-ring (bicyclic) bond motifs is 1. The van der Waals surface area contributed by atoms with Crippen LogP contribution < -0.4 is 0 Å². The summed E-state index contributed by atoms with van der Waals surface area (Å²) in [5.41, 5.74) is 2.62. The average molecular weight is 374 g/mol. The number of rotatable bonds is 6. The molecule has 3 rings (SSSR count). The Balaban J connectivity index is 1.85. The number of aromatic nitrogens is 1. The van der Waals surface area contributed by atoms with E-state index in [0.717, 1.165) is 24.8 Å². The minimum absolute atomic E-state index is 0.0315. The summed E-state index contributed by atoms with van der Waals surface area (Å²) in [7, 11) is 0. The van der Waals surface area contributed by atoms with E-state index in [2.05, 4.69) is 18.0 Å². The maximum atomic E-state index is 12.5. The van der Waals surface area contributed by atoms with Crippen molar-refractivity contribution >= 4 is 20.7 Å². The summed E-state index contributed by atoms with van der Waals surface area (Å²) in [4.78, 5) is 17.0. The topological polar surface area (TPSA) is 50.2 Å². The van der Waals surface area contributed by atoms with Crippen LogP contribution in [0.5, 0.6) is 0 Å². The van der Waals surface area contributed by atoms with Crippen molar-refractivity contribution < 1.29 is 9.90 Å². The number of Topliss-reactive ketones (excluding diaryl/α,β-unsaturated/α-hetero) is 1. The fourth-order valence-corrected chi connectivity index (χ4v) is 6.46. The summed E-state index contributed by atoms with van der Waals surface area (Å²) in [6, 6.07) is 13.4. The molecule has 2 aromatic rings. The van der Waals surface area contributed by atoms with Crippen LogP contribution in [0.25, 0.3) is 0 Å². The Hall–Kier alpha value is -1.48. The van der Waals surface area contributed by atoms with E-state index in [9.17, 15) is 9.90 Å². The number of aliphatic hydroxyl groups is 1. The van der Waals surface area contributed by atoms with E-state index in [4.69, 9.17) is 0 Å².